The zero-order chi connectivity index (χ0) is 20.0. The van der Waals surface area contributed by atoms with Crippen molar-refractivity contribution in [3.8, 4) is 0 Å². The highest BCUT2D eigenvalue weighted by molar-refractivity contribution is 5.95. The van der Waals surface area contributed by atoms with Crippen LogP contribution in [0.15, 0.2) is 24.3 Å². The molecule has 0 spiro atoms. The van der Waals surface area contributed by atoms with E-state index in [1.165, 1.54) is 18.7 Å². The summed E-state index contributed by atoms with van der Waals surface area (Å²) in [6, 6.07) is 6.08. The van der Waals surface area contributed by atoms with Gasteiger partial charge in [0.2, 0.25) is 5.91 Å². The molecule has 1 aromatic carbocycles. The highest BCUT2D eigenvalue weighted by Gasteiger charge is 2.29. The quantitative estimate of drug-likeness (QED) is 0.667. The number of piperidine rings is 1. The number of hydrogen-bond donors (Lipinski definition) is 3. The van der Waals surface area contributed by atoms with Crippen LogP contribution in [0.1, 0.15) is 26.7 Å². The largest absolute Gasteiger partial charge is 0.452 e. The summed E-state index contributed by atoms with van der Waals surface area (Å²) in [6.45, 7) is 3.70. The van der Waals surface area contributed by atoms with Gasteiger partial charge in [-0.05, 0) is 44.0 Å². The first kappa shape index (κ1) is 20.2. The summed E-state index contributed by atoms with van der Waals surface area (Å²) in [5, 5.41) is 5.28. The number of nitrogens with zero attached hydrogens (tertiary/aromatic N) is 1. The molecule has 1 aliphatic rings. The number of rotatable bonds is 5. The summed E-state index contributed by atoms with van der Waals surface area (Å²) >= 11 is 0. The maximum Gasteiger partial charge on any atom is 0.314 e. The first-order chi connectivity index (χ1) is 12.8. The molecule has 0 bridgehead atoms. The average Bonchev–Trinajstić information content (AvgIpc) is 2.62. The minimum atomic E-state index is -0.957. The van der Waals surface area contributed by atoms with Gasteiger partial charge in [0.05, 0.1) is 5.92 Å². The van der Waals surface area contributed by atoms with Crippen LogP contribution in [-0.4, -0.2) is 47.9 Å². The lowest BCUT2D eigenvalue weighted by Crippen LogP contribution is -2.44. The van der Waals surface area contributed by atoms with Crippen LogP contribution in [0.3, 0.4) is 0 Å². The highest BCUT2D eigenvalue weighted by atomic mass is 16.5. The predicted molar refractivity (Wildman–Crippen MR) is 98.8 cm³/mol. The summed E-state index contributed by atoms with van der Waals surface area (Å²) in [6.07, 6.45) is -0.0387. The van der Waals surface area contributed by atoms with E-state index in [1.807, 2.05) is 0 Å². The normalized spacial score (nSPS) is 15.6. The Morgan fingerprint density at radius 2 is 1.59 bits per heavy atom. The van der Waals surface area contributed by atoms with E-state index in [9.17, 15) is 19.2 Å². The molecule has 4 amide bonds. The predicted octanol–water partition coefficient (Wildman–Crippen LogP) is 1.31. The Morgan fingerprint density at radius 3 is 2.07 bits per heavy atom. The van der Waals surface area contributed by atoms with Crippen LogP contribution >= 0.6 is 0 Å². The Morgan fingerprint density at radius 1 is 1.07 bits per heavy atom. The topological polar surface area (TPSA) is 131 Å². The van der Waals surface area contributed by atoms with E-state index >= 15 is 0 Å². The number of nitrogens with two attached hydrogens (primary N) is 1. The zero-order valence-corrected chi connectivity index (χ0v) is 15.4. The van der Waals surface area contributed by atoms with Crippen molar-refractivity contribution in [2.45, 2.75) is 32.8 Å². The fraction of sp³-hybridized carbons (Fsp3) is 0.444. The van der Waals surface area contributed by atoms with Crippen molar-refractivity contribution in [2.75, 3.05) is 23.7 Å². The number of likely N-dealkylation sites (tertiary alicyclic amines) is 1. The van der Waals surface area contributed by atoms with Gasteiger partial charge in [0.25, 0.3) is 5.91 Å². The summed E-state index contributed by atoms with van der Waals surface area (Å²) in [5.41, 5.74) is 6.35. The number of carbonyl (C=O) groups excluding carboxylic acids is 4. The molecular formula is C18H24N4O5. The van der Waals surface area contributed by atoms with E-state index in [4.69, 9.17) is 10.5 Å². The minimum absolute atomic E-state index is 0.186. The number of urea groups is 1. The SMILES string of the molecule is CC(=O)Nc1ccc(NC(=O)C(C)OC(=O)C2CCN(C(N)=O)CC2)cc1. The van der Waals surface area contributed by atoms with E-state index in [2.05, 4.69) is 10.6 Å². The summed E-state index contributed by atoms with van der Waals surface area (Å²) < 4.78 is 5.25. The van der Waals surface area contributed by atoms with Crippen LogP contribution in [0.2, 0.25) is 0 Å². The molecule has 4 N–H and O–H groups in total. The van der Waals surface area contributed by atoms with Crippen LogP contribution in [0.5, 0.6) is 0 Å². The van der Waals surface area contributed by atoms with Crippen molar-refractivity contribution in [3.63, 3.8) is 0 Å². The number of amides is 4. The molecule has 2 rings (SSSR count). The number of esters is 1. The molecule has 27 heavy (non-hydrogen) atoms. The van der Waals surface area contributed by atoms with Crippen LogP contribution in [-0.2, 0) is 19.1 Å². The fourth-order valence-corrected chi connectivity index (χ4v) is 2.74. The second kappa shape index (κ2) is 9.02. The summed E-state index contributed by atoms with van der Waals surface area (Å²) in [4.78, 5) is 48.0. The molecule has 1 aliphatic heterocycles. The van der Waals surface area contributed by atoms with Crippen molar-refractivity contribution in [3.05, 3.63) is 24.3 Å². The van der Waals surface area contributed by atoms with Crippen molar-refractivity contribution in [1.82, 2.24) is 4.90 Å². The third-order valence-corrected chi connectivity index (χ3v) is 4.27. The number of hydrogen-bond acceptors (Lipinski definition) is 5. The molecule has 1 saturated heterocycles. The Bertz CT molecular complexity index is 711. The van der Waals surface area contributed by atoms with Gasteiger partial charge >= 0.3 is 12.0 Å². The maximum absolute atomic E-state index is 12.2. The van der Waals surface area contributed by atoms with E-state index in [0.29, 0.717) is 37.3 Å². The second-order valence-electron chi connectivity index (χ2n) is 6.43. The Kier molecular flexibility index (Phi) is 6.75. The number of anilines is 2. The molecule has 1 aromatic rings. The fourth-order valence-electron chi connectivity index (χ4n) is 2.74. The summed E-state index contributed by atoms with van der Waals surface area (Å²) in [5.74, 6) is -1.45. The molecule has 1 unspecified atom stereocenters. The van der Waals surface area contributed by atoms with Gasteiger partial charge in [-0.3, -0.25) is 14.4 Å². The van der Waals surface area contributed by atoms with Gasteiger partial charge in [0.1, 0.15) is 0 Å². The third-order valence-electron chi connectivity index (χ3n) is 4.27. The Balaban J connectivity index is 1.82. The molecule has 1 fully saturated rings. The van der Waals surface area contributed by atoms with E-state index in [-0.39, 0.29) is 11.8 Å². The first-order valence-electron chi connectivity index (χ1n) is 8.69. The van der Waals surface area contributed by atoms with Gasteiger partial charge in [-0.2, -0.15) is 0 Å². The zero-order valence-electron chi connectivity index (χ0n) is 15.4. The number of carbonyl (C=O) groups is 4. The standard InChI is InChI=1S/C18H24N4O5/c1-11(27-17(25)13-7-9-22(10-8-13)18(19)26)16(24)21-15-5-3-14(4-6-15)20-12(2)23/h3-6,11,13H,7-10H2,1-2H3,(H2,19,26)(H,20,23)(H,21,24). The number of nitrogens with one attached hydrogen (secondary N) is 2. The van der Waals surface area contributed by atoms with Crippen LogP contribution in [0, 0.1) is 5.92 Å². The Labute approximate surface area is 157 Å². The number of primary amides is 1. The minimum Gasteiger partial charge on any atom is -0.452 e. The van der Waals surface area contributed by atoms with Gasteiger partial charge in [0, 0.05) is 31.4 Å². The van der Waals surface area contributed by atoms with E-state index in [0.717, 1.165) is 0 Å². The molecule has 1 heterocycles. The average molecular weight is 376 g/mol. The first-order valence-corrected chi connectivity index (χ1v) is 8.69. The van der Waals surface area contributed by atoms with Gasteiger partial charge in [-0.15, -0.1) is 0 Å². The smallest absolute Gasteiger partial charge is 0.314 e. The van der Waals surface area contributed by atoms with E-state index < -0.39 is 24.0 Å². The summed E-state index contributed by atoms with van der Waals surface area (Å²) in [7, 11) is 0. The number of ether oxygens (including phenoxy) is 1. The molecule has 0 aliphatic carbocycles. The van der Waals surface area contributed by atoms with Crippen LogP contribution in [0.25, 0.3) is 0 Å². The second-order valence-corrected chi connectivity index (χ2v) is 6.43. The van der Waals surface area contributed by atoms with Crippen molar-refractivity contribution >= 4 is 35.2 Å². The molecule has 0 saturated carbocycles. The molecule has 9 nitrogen and oxygen atoms in total. The Hall–Kier alpha value is -3.10. The van der Waals surface area contributed by atoms with Gasteiger partial charge < -0.3 is 26.0 Å². The highest BCUT2D eigenvalue weighted by Crippen LogP contribution is 2.20. The molecule has 0 aromatic heterocycles. The van der Waals surface area contributed by atoms with Crippen LogP contribution < -0.4 is 16.4 Å². The molecular weight excluding hydrogens is 352 g/mol. The molecule has 1 atom stereocenters. The van der Waals surface area contributed by atoms with Gasteiger partial charge in [0.15, 0.2) is 6.10 Å². The molecule has 0 radical (unpaired) electrons. The van der Waals surface area contributed by atoms with E-state index in [1.54, 1.807) is 24.3 Å². The van der Waals surface area contributed by atoms with Crippen molar-refractivity contribution < 1.29 is 23.9 Å². The monoisotopic (exact) mass is 376 g/mol. The van der Waals surface area contributed by atoms with Gasteiger partial charge in [-0.25, -0.2) is 4.79 Å². The maximum atomic E-state index is 12.2. The lowest BCUT2D eigenvalue weighted by molar-refractivity contribution is -0.158. The van der Waals surface area contributed by atoms with Crippen LogP contribution in [0.4, 0.5) is 16.2 Å². The number of benzene rings is 1. The van der Waals surface area contributed by atoms with Crippen molar-refractivity contribution in [2.24, 2.45) is 11.7 Å². The third kappa shape index (κ3) is 5.98. The molecule has 9 heteroatoms. The lowest BCUT2D eigenvalue weighted by atomic mass is 9.97. The molecule has 146 valence electrons. The van der Waals surface area contributed by atoms with Gasteiger partial charge in [-0.1, -0.05) is 0 Å². The van der Waals surface area contributed by atoms with Crippen molar-refractivity contribution in [1.29, 1.82) is 0 Å². The lowest BCUT2D eigenvalue weighted by Gasteiger charge is -2.30.